The van der Waals surface area contributed by atoms with Crippen molar-refractivity contribution in [3.63, 3.8) is 0 Å². The van der Waals surface area contributed by atoms with Gasteiger partial charge in [-0.1, -0.05) is 6.07 Å². The maximum atomic E-state index is 12.1. The number of nitro groups is 1. The highest BCUT2D eigenvalue weighted by atomic mass is 16.6. The van der Waals surface area contributed by atoms with Crippen LogP contribution in [0.5, 0.6) is 5.75 Å². The predicted octanol–water partition coefficient (Wildman–Crippen LogP) is 2.30. The normalized spacial score (nSPS) is 12.2. The fourth-order valence-corrected chi connectivity index (χ4v) is 1.96. The molecule has 0 aliphatic rings. The molecule has 1 aromatic rings. The van der Waals surface area contributed by atoms with Crippen LogP contribution < -0.4 is 5.32 Å². The van der Waals surface area contributed by atoms with E-state index in [2.05, 4.69) is 5.32 Å². The summed E-state index contributed by atoms with van der Waals surface area (Å²) in [7, 11) is 0. The number of ether oxygens (including phenoxy) is 2. The molecule has 0 aliphatic heterocycles. The largest absolute Gasteiger partial charge is 0.502 e. The van der Waals surface area contributed by atoms with Gasteiger partial charge >= 0.3 is 17.7 Å². The molecule has 0 radical (unpaired) electrons. The van der Waals surface area contributed by atoms with Crippen LogP contribution in [0.1, 0.15) is 33.3 Å². The van der Waals surface area contributed by atoms with E-state index in [-0.39, 0.29) is 13.0 Å². The van der Waals surface area contributed by atoms with Gasteiger partial charge in [0.2, 0.25) is 0 Å². The third kappa shape index (κ3) is 6.66. The zero-order chi connectivity index (χ0) is 19.2. The standard InChI is InChI=1S/C16H22N2O7/c1-5-24-14(20)11(17-15(21)25-16(2,3)4)8-10-6-7-13(19)12(9-10)18(22)23/h6-7,9,11,19H,5,8H2,1-4H3,(H,17,21). The fraction of sp³-hybridized carbons (Fsp3) is 0.500. The molecular formula is C16H22N2O7. The van der Waals surface area contributed by atoms with Crippen molar-refractivity contribution in [3.05, 3.63) is 33.9 Å². The monoisotopic (exact) mass is 354 g/mol. The van der Waals surface area contributed by atoms with E-state index in [4.69, 9.17) is 9.47 Å². The maximum Gasteiger partial charge on any atom is 0.408 e. The molecule has 0 spiro atoms. The van der Waals surface area contributed by atoms with Gasteiger partial charge in [-0.25, -0.2) is 9.59 Å². The molecule has 9 nitrogen and oxygen atoms in total. The molecule has 1 rings (SSSR count). The highest BCUT2D eigenvalue weighted by molar-refractivity contribution is 5.81. The molecule has 0 heterocycles. The maximum absolute atomic E-state index is 12.1. The number of aromatic hydroxyl groups is 1. The van der Waals surface area contributed by atoms with E-state index in [0.717, 1.165) is 12.1 Å². The van der Waals surface area contributed by atoms with Crippen LogP contribution >= 0.6 is 0 Å². The summed E-state index contributed by atoms with van der Waals surface area (Å²) < 4.78 is 10.0. The first kappa shape index (κ1) is 20.2. The number of carbonyl (C=O) groups excluding carboxylic acids is 2. The molecule has 0 fully saturated rings. The number of nitrogens with zero attached hydrogens (tertiary/aromatic N) is 1. The molecule has 0 saturated carbocycles. The summed E-state index contributed by atoms with van der Waals surface area (Å²) in [6.45, 7) is 6.76. The number of benzene rings is 1. The molecular weight excluding hydrogens is 332 g/mol. The van der Waals surface area contributed by atoms with Crippen molar-refractivity contribution >= 4 is 17.7 Å². The summed E-state index contributed by atoms with van der Waals surface area (Å²) >= 11 is 0. The lowest BCUT2D eigenvalue weighted by Gasteiger charge is -2.23. The lowest BCUT2D eigenvalue weighted by Crippen LogP contribution is -2.45. The molecule has 1 atom stereocenters. The lowest BCUT2D eigenvalue weighted by atomic mass is 10.0. The summed E-state index contributed by atoms with van der Waals surface area (Å²) in [4.78, 5) is 34.1. The quantitative estimate of drug-likeness (QED) is 0.455. The fourth-order valence-electron chi connectivity index (χ4n) is 1.96. The first-order valence-corrected chi connectivity index (χ1v) is 7.66. The summed E-state index contributed by atoms with van der Waals surface area (Å²) in [6, 6.07) is 2.63. The topological polar surface area (TPSA) is 128 Å². The Bertz CT molecular complexity index is 652. The number of carbonyl (C=O) groups is 2. The van der Waals surface area contributed by atoms with E-state index >= 15 is 0 Å². The minimum Gasteiger partial charge on any atom is -0.502 e. The van der Waals surface area contributed by atoms with Crippen molar-refractivity contribution in [2.45, 2.75) is 45.8 Å². The van der Waals surface area contributed by atoms with E-state index < -0.39 is 40.1 Å². The molecule has 1 unspecified atom stereocenters. The van der Waals surface area contributed by atoms with Gasteiger partial charge < -0.3 is 19.9 Å². The predicted molar refractivity (Wildman–Crippen MR) is 88.3 cm³/mol. The van der Waals surface area contributed by atoms with Gasteiger partial charge in [0.1, 0.15) is 11.6 Å². The van der Waals surface area contributed by atoms with Crippen molar-refractivity contribution in [3.8, 4) is 5.75 Å². The molecule has 1 amide bonds. The van der Waals surface area contributed by atoms with Crippen molar-refractivity contribution in [2.75, 3.05) is 6.61 Å². The third-order valence-corrected chi connectivity index (χ3v) is 2.94. The van der Waals surface area contributed by atoms with E-state index in [0.29, 0.717) is 5.56 Å². The Morgan fingerprint density at radius 1 is 1.36 bits per heavy atom. The highest BCUT2D eigenvalue weighted by Gasteiger charge is 2.26. The molecule has 0 aliphatic carbocycles. The van der Waals surface area contributed by atoms with Crippen molar-refractivity contribution in [1.29, 1.82) is 0 Å². The Labute approximate surface area is 145 Å². The Balaban J connectivity index is 2.98. The second kappa shape index (κ2) is 8.32. The van der Waals surface area contributed by atoms with Gasteiger partial charge in [-0.3, -0.25) is 10.1 Å². The van der Waals surface area contributed by atoms with Crippen LogP contribution in [0.3, 0.4) is 0 Å². The average molecular weight is 354 g/mol. The lowest BCUT2D eigenvalue weighted by molar-refractivity contribution is -0.385. The summed E-state index contributed by atoms with van der Waals surface area (Å²) in [6.07, 6.45) is -0.863. The second-order valence-electron chi connectivity index (χ2n) is 6.24. The van der Waals surface area contributed by atoms with Gasteiger partial charge in [0.15, 0.2) is 5.75 Å². The van der Waals surface area contributed by atoms with Crippen LogP contribution in [-0.4, -0.2) is 40.3 Å². The molecule has 0 aromatic heterocycles. The van der Waals surface area contributed by atoms with E-state index in [9.17, 15) is 24.8 Å². The zero-order valence-corrected chi connectivity index (χ0v) is 14.6. The number of esters is 1. The number of nitrogens with one attached hydrogen (secondary N) is 1. The highest BCUT2D eigenvalue weighted by Crippen LogP contribution is 2.26. The molecule has 0 saturated heterocycles. The second-order valence-corrected chi connectivity index (χ2v) is 6.24. The molecule has 25 heavy (non-hydrogen) atoms. The first-order chi connectivity index (χ1) is 11.5. The Hall–Kier alpha value is -2.84. The van der Waals surface area contributed by atoms with Crippen LogP contribution in [-0.2, 0) is 20.7 Å². The van der Waals surface area contributed by atoms with Crippen molar-refractivity contribution < 1.29 is 29.1 Å². The van der Waals surface area contributed by atoms with Gasteiger partial charge in [-0.15, -0.1) is 0 Å². The zero-order valence-electron chi connectivity index (χ0n) is 14.6. The Morgan fingerprint density at radius 2 is 2.00 bits per heavy atom. The summed E-state index contributed by atoms with van der Waals surface area (Å²) in [5.41, 5.74) is -0.864. The van der Waals surface area contributed by atoms with Crippen LogP contribution in [0, 0.1) is 10.1 Å². The number of phenolic OH excluding ortho intramolecular Hbond substituents is 1. The first-order valence-electron chi connectivity index (χ1n) is 7.66. The SMILES string of the molecule is CCOC(=O)C(Cc1ccc(O)c([N+](=O)[O-])c1)NC(=O)OC(C)(C)C. The Morgan fingerprint density at radius 3 is 2.52 bits per heavy atom. The minimum absolute atomic E-state index is 0.0564. The van der Waals surface area contributed by atoms with E-state index in [1.54, 1.807) is 27.7 Å². The summed E-state index contributed by atoms with van der Waals surface area (Å²) in [5.74, 6) is -1.18. The molecule has 138 valence electrons. The smallest absolute Gasteiger partial charge is 0.408 e. The molecule has 0 bridgehead atoms. The summed E-state index contributed by atoms with van der Waals surface area (Å²) in [5, 5.41) is 22.8. The molecule has 2 N–H and O–H groups in total. The van der Waals surface area contributed by atoms with Crippen molar-refractivity contribution in [2.24, 2.45) is 0 Å². The van der Waals surface area contributed by atoms with Gasteiger partial charge in [0.05, 0.1) is 11.5 Å². The third-order valence-electron chi connectivity index (χ3n) is 2.94. The number of rotatable bonds is 6. The van der Waals surface area contributed by atoms with Crippen molar-refractivity contribution in [1.82, 2.24) is 5.32 Å². The van der Waals surface area contributed by atoms with Crippen LogP contribution in [0.25, 0.3) is 0 Å². The van der Waals surface area contributed by atoms with E-state index in [1.807, 2.05) is 0 Å². The van der Waals surface area contributed by atoms with Gasteiger partial charge in [-0.05, 0) is 39.3 Å². The number of amides is 1. The number of nitro benzene ring substituents is 1. The number of phenols is 1. The molecule has 1 aromatic carbocycles. The minimum atomic E-state index is -1.08. The number of alkyl carbamates (subject to hydrolysis) is 1. The van der Waals surface area contributed by atoms with Gasteiger partial charge in [0, 0.05) is 12.5 Å². The molecule has 9 heteroatoms. The number of hydrogen-bond acceptors (Lipinski definition) is 7. The Kier molecular flexibility index (Phi) is 6.72. The van der Waals surface area contributed by atoms with Gasteiger partial charge in [-0.2, -0.15) is 0 Å². The van der Waals surface area contributed by atoms with E-state index in [1.165, 1.54) is 6.07 Å². The van der Waals surface area contributed by atoms with Crippen LogP contribution in [0.4, 0.5) is 10.5 Å². The van der Waals surface area contributed by atoms with Crippen LogP contribution in [0.2, 0.25) is 0 Å². The van der Waals surface area contributed by atoms with Crippen LogP contribution in [0.15, 0.2) is 18.2 Å². The average Bonchev–Trinajstić information content (AvgIpc) is 2.46. The van der Waals surface area contributed by atoms with Gasteiger partial charge in [0.25, 0.3) is 0 Å². The number of hydrogen-bond donors (Lipinski definition) is 2.